The van der Waals surface area contributed by atoms with E-state index in [9.17, 15) is 0 Å². The van der Waals surface area contributed by atoms with Gasteiger partial charge in [0, 0.05) is 38.3 Å². The second-order valence-electron chi connectivity index (χ2n) is 6.94. The Morgan fingerprint density at radius 2 is 2.08 bits per heavy atom. The lowest BCUT2D eigenvalue weighted by Crippen LogP contribution is -2.42. The number of rotatable bonds is 11. The standard InChI is InChI=1S/C18H37N3O2.HI/c1-5-19-18(21-16(4)8-7-15(2)3)20-10-6-11-22-13-17-9-12-23-14-17;/h15-17H,5-14H2,1-4H3,(H2,19,20,21);1H. The largest absolute Gasteiger partial charge is 0.381 e. The highest BCUT2D eigenvalue weighted by Crippen LogP contribution is 2.12. The van der Waals surface area contributed by atoms with Crippen LogP contribution in [0.2, 0.25) is 0 Å². The third kappa shape index (κ3) is 12.3. The minimum absolute atomic E-state index is 0. The van der Waals surface area contributed by atoms with Crippen LogP contribution in [0.5, 0.6) is 0 Å². The van der Waals surface area contributed by atoms with Gasteiger partial charge in [0.15, 0.2) is 5.96 Å². The maximum atomic E-state index is 5.72. The van der Waals surface area contributed by atoms with Crippen LogP contribution in [0.25, 0.3) is 0 Å². The number of guanidine groups is 1. The Bertz CT molecular complexity index is 321. The molecule has 0 bridgehead atoms. The first-order chi connectivity index (χ1) is 11.1. The monoisotopic (exact) mass is 455 g/mol. The SMILES string of the molecule is CCNC(=NCCCOCC1CCOC1)NC(C)CCC(C)C.I. The highest BCUT2D eigenvalue weighted by atomic mass is 127. The van der Waals surface area contributed by atoms with E-state index in [1.54, 1.807) is 0 Å². The molecule has 0 radical (unpaired) electrons. The molecule has 1 heterocycles. The van der Waals surface area contributed by atoms with E-state index in [-0.39, 0.29) is 24.0 Å². The number of hydrogen-bond acceptors (Lipinski definition) is 3. The normalized spacial score (nSPS) is 19.2. The van der Waals surface area contributed by atoms with Gasteiger partial charge in [-0.05, 0) is 45.4 Å². The van der Waals surface area contributed by atoms with Crippen LogP contribution in [0.15, 0.2) is 4.99 Å². The summed E-state index contributed by atoms with van der Waals surface area (Å²) in [5.74, 6) is 2.27. The average Bonchev–Trinajstić information content (AvgIpc) is 3.02. The van der Waals surface area contributed by atoms with Gasteiger partial charge in [0.2, 0.25) is 0 Å². The minimum Gasteiger partial charge on any atom is -0.381 e. The third-order valence-electron chi connectivity index (χ3n) is 4.00. The fourth-order valence-corrected chi connectivity index (χ4v) is 2.53. The van der Waals surface area contributed by atoms with Crippen LogP contribution < -0.4 is 10.6 Å². The number of hydrogen-bond donors (Lipinski definition) is 2. The van der Waals surface area contributed by atoms with E-state index in [1.807, 2.05) is 0 Å². The summed E-state index contributed by atoms with van der Waals surface area (Å²) in [4.78, 5) is 4.64. The highest BCUT2D eigenvalue weighted by Gasteiger charge is 2.15. The van der Waals surface area contributed by atoms with Gasteiger partial charge in [-0.15, -0.1) is 24.0 Å². The van der Waals surface area contributed by atoms with Gasteiger partial charge in [-0.3, -0.25) is 4.99 Å². The van der Waals surface area contributed by atoms with E-state index in [1.165, 1.54) is 12.8 Å². The summed E-state index contributed by atoms with van der Waals surface area (Å²) in [7, 11) is 0. The Hall–Kier alpha value is -0.0800. The molecule has 5 nitrogen and oxygen atoms in total. The summed E-state index contributed by atoms with van der Waals surface area (Å²) >= 11 is 0. The quantitative estimate of drug-likeness (QED) is 0.217. The second kappa shape index (κ2) is 15.2. The highest BCUT2D eigenvalue weighted by molar-refractivity contribution is 14.0. The smallest absolute Gasteiger partial charge is 0.191 e. The van der Waals surface area contributed by atoms with Crippen molar-refractivity contribution in [2.75, 3.05) is 39.5 Å². The molecule has 144 valence electrons. The van der Waals surface area contributed by atoms with Crippen molar-refractivity contribution < 1.29 is 9.47 Å². The zero-order valence-corrected chi connectivity index (χ0v) is 18.3. The lowest BCUT2D eigenvalue weighted by atomic mass is 10.0. The predicted molar refractivity (Wildman–Crippen MR) is 112 cm³/mol. The van der Waals surface area contributed by atoms with E-state index in [0.29, 0.717) is 12.0 Å². The molecule has 1 rings (SSSR count). The zero-order chi connectivity index (χ0) is 16.9. The van der Waals surface area contributed by atoms with Gasteiger partial charge >= 0.3 is 0 Å². The van der Waals surface area contributed by atoms with Gasteiger partial charge in [0.1, 0.15) is 0 Å². The number of halogens is 1. The number of ether oxygens (including phenoxy) is 2. The number of nitrogens with zero attached hydrogens (tertiary/aromatic N) is 1. The van der Waals surface area contributed by atoms with Crippen LogP contribution in [0.1, 0.15) is 53.4 Å². The molecule has 2 atom stereocenters. The molecule has 0 spiro atoms. The first kappa shape index (κ1) is 23.9. The summed E-state index contributed by atoms with van der Waals surface area (Å²) < 4.78 is 11.1. The molecule has 24 heavy (non-hydrogen) atoms. The van der Waals surface area contributed by atoms with Gasteiger partial charge in [-0.2, -0.15) is 0 Å². The van der Waals surface area contributed by atoms with E-state index >= 15 is 0 Å². The van der Waals surface area contributed by atoms with Crippen molar-refractivity contribution in [2.45, 2.75) is 59.4 Å². The molecule has 0 amide bonds. The van der Waals surface area contributed by atoms with Crippen molar-refractivity contribution in [3.05, 3.63) is 0 Å². The van der Waals surface area contributed by atoms with Gasteiger partial charge in [0.05, 0.1) is 13.2 Å². The van der Waals surface area contributed by atoms with Crippen LogP contribution >= 0.6 is 24.0 Å². The van der Waals surface area contributed by atoms with Crippen LogP contribution in [0.4, 0.5) is 0 Å². The number of nitrogens with one attached hydrogen (secondary N) is 2. The summed E-state index contributed by atoms with van der Waals surface area (Å²) in [6.07, 6.45) is 4.52. The van der Waals surface area contributed by atoms with Crippen molar-refractivity contribution in [3.8, 4) is 0 Å². The van der Waals surface area contributed by atoms with E-state index in [4.69, 9.17) is 9.47 Å². The average molecular weight is 455 g/mol. The molecule has 6 heteroatoms. The molecule has 1 fully saturated rings. The Morgan fingerprint density at radius 3 is 2.71 bits per heavy atom. The molecular weight excluding hydrogens is 417 g/mol. The van der Waals surface area contributed by atoms with E-state index in [2.05, 4.69) is 43.3 Å². The van der Waals surface area contributed by atoms with Crippen LogP contribution in [-0.2, 0) is 9.47 Å². The summed E-state index contributed by atoms with van der Waals surface area (Å²) in [5.41, 5.74) is 0. The minimum atomic E-state index is 0. The van der Waals surface area contributed by atoms with Crippen molar-refractivity contribution in [1.29, 1.82) is 0 Å². The van der Waals surface area contributed by atoms with Crippen molar-refractivity contribution in [1.82, 2.24) is 10.6 Å². The Balaban J connectivity index is 0.00000529. The Morgan fingerprint density at radius 1 is 1.29 bits per heavy atom. The molecule has 1 aliphatic rings. The van der Waals surface area contributed by atoms with E-state index < -0.39 is 0 Å². The molecule has 0 saturated carbocycles. The van der Waals surface area contributed by atoms with Gasteiger partial charge in [-0.25, -0.2) is 0 Å². The van der Waals surface area contributed by atoms with Crippen LogP contribution in [0.3, 0.4) is 0 Å². The predicted octanol–water partition coefficient (Wildman–Crippen LogP) is 3.43. The fraction of sp³-hybridized carbons (Fsp3) is 0.944. The Kier molecular flexibility index (Phi) is 15.1. The first-order valence-corrected chi connectivity index (χ1v) is 9.32. The molecule has 2 unspecified atom stereocenters. The van der Waals surface area contributed by atoms with Crippen LogP contribution in [0, 0.1) is 11.8 Å². The lowest BCUT2D eigenvalue weighted by molar-refractivity contribution is 0.0893. The maximum Gasteiger partial charge on any atom is 0.191 e. The van der Waals surface area contributed by atoms with Crippen molar-refractivity contribution in [3.63, 3.8) is 0 Å². The number of aliphatic imine (C=N–C) groups is 1. The second-order valence-corrected chi connectivity index (χ2v) is 6.94. The Labute approximate surface area is 165 Å². The molecule has 0 aliphatic carbocycles. The summed E-state index contributed by atoms with van der Waals surface area (Å²) in [6, 6.07) is 0.453. The summed E-state index contributed by atoms with van der Waals surface area (Å²) in [6.45, 7) is 13.9. The maximum absolute atomic E-state index is 5.72. The first-order valence-electron chi connectivity index (χ1n) is 9.32. The summed E-state index contributed by atoms with van der Waals surface area (Å²) in [5, 5.41) is 6.81. The van der Waals surface area contributed by atoms with Crippen molar-refractivity contribution >= 4 is 29.9 Å². The van der Waals surface area contributed by atoms with Gasteiger partial charge < -0.3 is 20.1 Å². The molecule has 1 saturated heterocycles. The third-order valence-corrected chi connectivity index (χ3v) is 4.00. The van der Waals surface area contributed by atoms with Crippen LogP contribution in [-0.4, -0.2) is 51.5 Å². The topological polar surface area (TPSA) is 54.9 Å². The molecule has 2 N–H and O–H groups in total. The fourth-order valence-electron chi connectivity index (χ4n) is 2.53. The van der Waals surface area contributed by atoms with Crippen molar-refractivity contribution in [2.24, 2.45) is 16.8 Å². The lowest BCUT2D eigenvalue weighted by Gasteiger charge is -2.18. The van der Waals surface area contributed by atoms with E-state index in [0.717, 1.165) is 64.2 Å². The molecule has 0 aromatic heterocycles. The molecule has 0 aromatic rings. The van der Waals surface area contributed by atoms with Gasteiger partial charge in [-0.1, -0.05) is 13.8 Å². The molecular formula is C18H38IN3O2. The molecule has 1 aliphatic heterocycles. The molecule has 0 aromatic carbocycles. The van der Waals surface area contributed by atoms with Gasteiger partial charge in [0.25, 0.3) is 0 Å². The zero-order valence-electron chi connectivity index (χ0n) is 16.0.